The van der Waals surface area contributed by atoms with Crippen LogP contribution in [0.25, 0.3) is 0 Å². The van der Waals surface area contributed by atoms with Crippen LogP contribution in [0.1, 0.15) is 25.7 Å². The molecule has 1 fully saturated rings. The van der Waals surface area contributed by atoms with Crippen molar-refractivity contribution in [2.75, 3.05) is 13.1 Å². The molecule has 2 N–H and O–H groups in total. The Bertz CT molecular complexity index is 203. The van der Waals surface area contributed by atoms with Crippen LogP contribution in [0.15, 0.2) is 0 Å². The zero-order valence-corrected chi connectivity index (χ0v) is 7.81. The first kappa shape index (κ1) is 10.1. The molecule has 0 aliphatic heterocycles. The second-order valence-electron chi connectivity index (χ2n) is 3.33. The van der Waals surface area contributed by atoms with Crippen molar-refractivity contribution in [2.45, 2.75) is 31.7 Å². The molecule has 1 aliphatic carbocycles. The summed E-state index contributed by atoms with van der Waals surface area (Å²) in [5.41, 5.74) is 0. The molecule has 1 amide bonds. The second-order valence-corrected chi connectivity index (χ2v) is 3.33. The maximum atomic E-state index is 11.1. The third-order valence-corrected chi connectivity index (χ3v) is 1.93. The number of nitrogens with one attached hydrogen (secondary N) is 2. The quantitative estimate of drug-likeness (QED) is 0.455. The minimum Gasteiger partial charge on any atom is -0.353 e. The zero-order valence-electron chi connectivity index (χ0n) is 7.81. The van der Waals surface area contributed by atoms with Crippen LogP contribution in [0, 0.1) is 12.3 Å². The maximum Gasteiger partial charge on any atom is 0.220 e. The third kappa shape index (κ3) is 5.26. The monoisotopic (exact) mass is 180 g/mol. The van der Waals surface area contributed by atoms with Crippen molar-refractivity contribution < 1.29 is 4.79 Å². The number of rotatable bonds is 6. The van der Waals surface area contributed by atoms with Crippen molar-refractivity contribution in [1.82, 2.24) is 10.6 Å². The molecule has 0 aromatic rings. The van der Waals surface area contributed by atoms with Gasteiger partial charge in [-0.05, 0) is 25.8 Å². The Balaban J connectivity index is 1.86. The van der Waals surface area contributed by atoms with Gasteiger partial charge in [0, 0.05) is 12.5 Å². The Morgan fingerprint density at radius 1 is 1.54 bits per heavy atom. The summed E-state index contributed by atoms with van der Waals surface area (Å²) in [5, 5.41) is 5.98. The van der Waals surface area contributed by atoms with Gasteiger partial charge in [0.2, 0.25) is 5.91 Å². The van der Waals surface area contributed by atoms with E-state index in [-0.39, 0.29) is 5.91 Å². The summed E-state index contributed by atoms with van der Waals surface area (Å²) in [5.74, 6) is 2.66. The van der Waals surface area contributed by atoms with Crippen molar-refractivity contribution in [2.24, 2.45) is 0 Å². The molecule has 0 radical (unpaired) electrons. The lowest BCUT2D eigenvalue weighted by Crippen LogP contribution is -2.26. The van der Waals surface area contributed by atoms with Crippen LogP contribution in [-0.2, 0) is 4.79 Å². The lowest BCUT2D eigenvalue weighted by molar-refractivity contribution is -0.121. The smallest absolute Gasteiger partial charge is 0.220 e. The van der Waals surface area contributed by atoms with Crippen LogP contribution in [0.3, 0.4) is 0 Å². The molecule has 0 saturated heterocycles. The molecular weight excluding hydrogens is 164 g/mol. The zero-order chi connectivity index (χ0) is 9.52. The molecule has 72 valence electrons. The van der Waals surface area contributed by atoms with E-state index < -0.39 is 0 Å². The molecule has 0 spiro atoms. The van der Waals surface area contributed by atoms with Crippen LogP contribution in [0.2, 0.25) is 0 Å². The summed E-state index contributed by atoms with van der Waals surface area (Å²) >= 11 is 0. The summed E-state index contributed by atoms with van der Waals surface area (Å²) in [6, 6.07) is 0.478. The van der Waals surface area contributed by atoms with Gasteiger partial charge >= 0.3 is 0 Å². The van der Waals surface area contributed by atoms with Crippen molar-refractivity contribution in [3.63, 3.8) is 0 Å². The summed E-state index contributed by atoms with van der Waals surface area (Å²) in [6.07, 6.45) is 8.83. The molecule has 0 atom stereocenters. The molecule has 0 heterocycles. The van der Waals surface area contributed by atoms with Crippen LogP contribution < -0.4 is 10.6 Å². The van der Waals surface area contributed by atoms with Gasteiger partial charge in [-0.15, -0.1) is 6.42 Å². The molecular formula is C10H16N2O. The van der Waals surface area contributed by atoms with Gasteiger partial charge in [-0.2, -0.15) is 0 Å². The highest BCUT2D eigenvalue weighted by atomic mass is 16.1. The normalized spacial score (nSPS) is 15.0. The van der Waals surface area contributed by atoms with Crippen molar-refractivity contribution in [1.29, 1.82) is 0 Å². The minimum atomic E-state index is 0.171. The minimum absolute atomic E-state index is 0.171. The van der Waals surface area contributed by atoms with Gasteiger partial charge in [-0.3, -0.25) is 4.79 Å². The van der Waals surface area contributed by atoms with E-state index in [1.807, 2.05) is 0 Å². The van der Waals surface area contributed by atoms with E-state index in [4.69, 9.17) is 6.42 Å². The van der Waals surface area contributed by atoms with Crippen LogP contribution >= 0.6 is 0 Å². The highest BCUT2D eigenvalue weighted by Crippen LogP contribution is 2.18. The topological polar surface area (TPSA) is 41.1 Å². The standard InChI is InChI=1S/C10H16N2O/c1-2-7-11-8-3-4-10(13)12-9-5-6-9/h1,9,11H,3-8H2,(H,12,13). The lowest BCUT2D eigenvalue weighted by Gasteiger charge is -2.02. The largest absolute Gasteiger partial charge is 0.353 e. The molecule has 1 rings (SSSR count). The first-order valence-corrected chi connectivity index (χ1v) is 4.76. The number of hydrogen-bond acceptors (Lipinski definition) is 2. The Kier molecular flexibility index (Phi) is 4.34. The molecule has 1 saturated carbocycles. The Hall–Kier alpha value is -1.01. The maximum absolute atomic E-state index is 11.1. The van der Waals surface area contributed by atoms with E-state index in [0.29, 0.717) is 19.0 Å². The number of amides is 1. The Morgan fingerprint density at radius 3 is 2.92 bits per heavy atom. The summed E-state index contributed by atoms with van der Waals surface area (Å²) in [4.78, 5) is 11.1. The average molecular weight is 180 g/mol. The molecule has 0 unspecified atom stereocenters. The van der Waals surface area contributed by atoms with Crippen molar-refractivity contribution in [3.8, 4) is 12.3 Å². The van der Waals surface area contributed by atoms with Crippen LogP contribution in [0.4, 0.5) is 0 Å². The molecule has 0 aromatic heterocycles. The molecule has 3 heteroatoms. The number of carbonyl (C=O) groups excluding carboxylic acids is 1. The first-order valence-electron chi connectivity index (χ1n) is 4.76. The van der Waals surface area contributed by atoms with Gasteiger partial charge in [-0.25, -0.2) is 0 Å². The van der Waals surface area contributed by atoms with Crippen molar-refractivity contribution in [3.05, 3.63) is 0 Å². The van der Waals surface area contributed by atoms with Gasteiger partial charge in [0.25, 0.3) is 0 Å². The fourth-order valence-electron chi connectivity index (χ4n) is 1.06. The van der Waals surface area contributed by atoms with Gasteiger partial charge in [0.05, 0.1) is 6.54 Å². The van der Waals surface area contributed by atoms with Crippen LogP contribution in [0.5, 0.6) is 0 Å². The van der Waals surface area contributed by atoms with Crippen LogP contribution in [-0.4, -0.2) is 25.0 Å². The summed E-state index contributed by atoms with van der Waals surface area (Å²) in [6.45, 7) is 1.41. The molecule has 13 heavy (non-hydrogen) atoms. The van der Waals surface area contributed by atoms with Gasteiger partial charge < -0.3 is 10.6 Å². The third-order valence-electron chi connectivity index (χ3n) is 1.93. The van der Waals surface area contributed by atoms with E-state index in [2.05, 4.69) is 16.6 Å². The molecule has 0 bridgehead atoms. The van der Waals surface area contributed by atoms with E-state index in [1.165, 1.54) is 0 Å². The van der Waals surface area contributed by atoms with Gasteiger partial charge in [0.1, 0.15) is 0 Å². The molecule has 3 nitrogen and oxygen atoms in total. The lowest BCUT2D eigenvalue weighted by atomic mass is 10.3. The molecule has 1 aliphatic rings. The van der Waals surface area contributed by atoms with Gasteiger partial charge in [-0.1, -0.05) is 5.92 Å². The predicted molar refractivity (Wildman–Crippen MR) is 52.1 cm³/mol. The first-order chi connectivity index (χ1) is 6.33. The highest BCUT2D eigenvalue weighted by molar-refractivity contribution is 5.76. The fraction of sp³-hybridized carbons (Fsp3) is 0.700. The Morgan fingerprint density at radius 2 is 2.31 bits per heavy atom. The van der Waals surface area contributed by atoms with E-state index >= 15 is 0 Å². The van der Waals surface area contributed by atoms with E-state index in [0.717, 1.165) is 25.8 Å². The van der Waals surface area contributed by atoms with Crippen molar-refractivity contribution >= 4 is 5.91 Å². The number of hydrogen-bond donors (Lipinski definition) is 2. The number of carbonyl (C=O) groups is 1. The van der Waals surface area contributed by atoms with Gasteiger partial charge in [0.15, 0.2) is 0 Å². The van der Waals surface area contributed by atoms with E-state index in [1.54, 1.807) is 0 Å². The van der Waals surface area contributed by atoms with E-state index in [9.17, 15) is 4.79 Å². The summed E-state index contributed by atoms with van der Waals surface area (Å²) in [7, 11) is 0. The predicted octanol–water partition coefficient (Wildman–Crippen LogP) is 0.268. The summed E-state index contributed by atoms with van der Waals surface area (Å²) < 4.78 is 0. The number of terminal acetylenes is 1. The second kappa shape index (κ2) is 5.60. The highest BCUT2D eigenvalue weighted by Gasteiger charge is 2.22. The molecule has 0 aromatic carbocycles. The SMILES string of the molecule is C#CCNCCCC(=O)NC1CC1. The average Bonchev–Trinajstić information content (AvgIpc) is 2.88. The Labute approximate surface area is 79.3 Å². The fourth-order valence-corrected chi connectivity index (χ4v) is 1.06.